The number of hydrogen-bond acceptors (Lipinski definition) is 3. The number of nitrogens with zero attached hydrogens (tertiary/aromatic N) is 1. The van der Waals surface area contributed by atoms with Crippen molar-refractivity contribution in [2.75, 3.05) is 24.5 Å². The van der Waals surface area contributed by atoms with E-state index >= 15 is 0 Å². The Bertz CT molecular complexity index is 452. The molecule has 1 aromatic heterocycles. The molecular formula is C14H16N2O. The molecule has 0 spiro atoms. The van der Waals surface area contributed by atoms with E-state index in [0.29, 0.717) is 6.04 Å². The molecule has 88 valence electrons. The van der Waals surface area contributed by atoms with E-state index in [-0.39, 0.29) is 0 Å². The zero-order valence-electron chi connectivity index (χ0n) is 9.67. The van der Waals surface area contributed by atoms with E-state index in [0.717, 1.165) is 25.4 Å². The highest BCUT2D eigenvalue weighted by molar-refractivity contribution is 5.48. The lowest BCUT2D eigenvalue weighted by Gasteiger charge is -2.36. The van der Waals surface area contributed by atoms with Crippen molar-refractivity contribution in [1.29, 1.82) is 0 Å². The summed E-state index contributed by atoms with van der Waals surface area (Å²) < 4.78 is 5.54. The average molecular weight is 228 g/mol. The molecule has 2 heterocycles. The van der Waals surface area contributed by atoms with E-state index in [1.165, 1.54) is 5.69 Å². The molecule has 1 fully saturated rings. The van der Waals surface area contributed by atoms with E-state index in [1.807, 2.05) is 18.2 Å². The van der Waals surface area contributed by atoms with Crippen LogP contribution in [0.5, 0.6) is 0 Å². The molecule has 1 unspecified atom stereocenters. The van der Waals surface area contributed by atoms with Crippen LogP contribution in [0.2, 0.25) is 0 Å². The Balaban J connectivity index is 1.91. The molecule has 3 rings (SSSR count). The van der Waals surface area contributed by atoms with Crippen LogP contribution < -0.4 is 10.2 Å². The number of benzene rings is 1. The molecule has 17 heavy (non-hydrogen) atoms. The molecule has 1 aliphatic rings. The van der Waals surface area contributed by atoms with Gasteiger partial charge in [-0.05, 0) is 24.3 Å². The molecule has 2 aromatic rings. The van der Waals surface area contributed by atoms with Gasteiger partial charge >= 0.3 is 0 Å². The molecule has 1 atom stereocenters. The molecule has 0 saturated carbocycles. The summed E-state index contributed by atoms with van der Waals surface area (Å²) >= 11 is 0. The molecule has 0 aliphatic carbocycles. The zero-order chi connectivity index (χ0) is 11.5. The van der Waals surface area contributed by atoms with Crippen molar-refractivity contribution in [1.82, 2.24) is 5.32 Å². The third-order valence-electron chi connectivity index (χ3n) is 3.20. The van der Waals surface area contributed by atoms with Crippen LogP contribution in [0.1, 0.15) is 11.8 Å². The van der Waals surface area contributed by atoms with E-state index in [2.05, 4.69) is 34.5 Å². The molecular weight excluding hydrogens is 212 g/mol. The summed E-state index contributed by atoms with van der Waals surface area (Å²) in [5.41, 5.74) is 1.26. The van der Waals surface area contributed by atoms with Crippen molar-refractivity contribution in [3.8, 4) is 0 Å². The van der Waals surface area contributed by atoms with Gasteiger partial charge in [-0.1, -0.05) is 18.2 Å². The Morgan fingerprint density at radius 1 is 1.12 bits per heavy atom. The summed E-state index contributed by atoms with van der Waals surface area (Å²) in [5, 5.41) is 3.42. The number of furan rings is 1. The summed E-state index contributed by atoms with van der Waals surface area (Å²) in [6.07, 6.45) is 1.74. The number of piperazine rings is 1. The van der Waals surface area contributed by atoms with Crippen LogP contribution in [0, 0.1) is 0 Å². The highest BCUT2D eigenvalue weighted by Gasteiger charge is 2.25. The van der Waals surface area contributed by atoms with Gasteiger partial charge in [-0.15, -0.1) is 0 Å². The van der Waals surface area contributed by atoms with E-state index in [9.17, 15) is 0 Å². The van der Waals surface area contributed by atoms with Gasteiger partial charge in [0, 0.05) is 25.3 Å². The number of anilines is 1. The Morgan fingerprint density at radius 2 is 2.00 bits per heavy atom. The maximum absolute atomic E-state index is 5.54. The lowest BCUT2D eigenvalue weighted by Crippen LogP contribution is -2.46. The fraction of sp³-hybridized carbons (Fsp3) is 0.286. The van der Waals surface area contributed by atoms with Crippen LogP contribution in [0.3, 0.4) is 0 Å². The van der Waals surface area contributed by atoms with Gasteiger partial charge in [0.1, 0.15) is 5.76 Å². The summed E-state index contributed by atoms with van der Waals surface area (Å²) in [4.78, 5) is 2.40. The first kappa shape index (κ1) is 10.4. The predicted octanol–water partition coefficient (Wildman–Crippen LogP) is 2.43. The van der Waals surface area contributed by atoms with Gasteiger partial charge in [-0.2, -0.15) is 0 Å². The third-order valence-corrected chi connectivity index (χ3v) is 3.20. The van der Waals surface area contributed by atoms with Gasteiger partial charge < -0.3 is 14.6 Å². The zero-order valence-corrected chi connectivity index (χ0v) is 9.67. The minimum Gasteiger partial charge on any atom is -0.467 e. The Morgan fingerprint density at radius 3 is 2.76 bits per heavy atom. The SMILES string of the molecule is c1ccc(N2CCNCC2c2ccco2)cc1. The van der Waals surface area contributed by atoms with Gasteiger partial charge in [0.15, 0.2) is 0 Å². The second-order valence-corrected chi connectivity index (χ2v) is 4.26. The van der Waals surface area contributed by atoms with Gasteiger partial charge in [0.2, 0.25) is 0 Å². The fourth-order valence-corrected chi connectivity index (χ4v) is 2.37. The van der Waals surface area contributed by atoms with Crippen molar-refractivity contribution in [3.63, 3.8) is 0 Å². The summed E-state index contributed by atoms with van der Waals surface area (Å²) in [6, 6.07) is 14.8. The molecule has 1 saturated heterocycles. The normalized spacial score (nSPS) is 20.5. The van der Waals surface area contributed by atoms with Gasteiger partial charge in [-0.3, -0.25) is 0 Å². The maximum atomic E-state index is 5.54. The number of hydrogen-bond donors (Lipinski definition) is 1. The molecule has 1 aromatic carbocycles. The van der Waals surface area contributed by atoms with Crippen molar-refractivity contribution < 1.29 is 4.42 Å². The minimum absolute atomic E-state index is 0.293. The monoisotopic (exact) mass is 228 g/mol. The lowest BCUT2D eigenvalue weighted by molar-refractivity contribution is 0.404. The first-order chi connectivity index (χ1) is 8.45. The van der Waals surface area contributed by atoms with Crippen LogP contribution in [-0.2, 0) is 0 Å². The predicted molar refractivity (Wildman–Crippen MR) is 68.1 cm³/mol. The molecule has 3 nitrogen and oxygen atoms in total. The van der Waals surface area contributed by atoms with Crippen LogP contribution in [0.15, 0.2) is 53.1 Å². The summed E-state index contributed by atoms with van der Waals surface area (Å²) in [5.74, 6) is 1.03. The van der Waals surface area contributed by atoms with Crippen molar-refractivity contribution in [3.05, 3.63) is 54.5 Å². The van der Waals surface area contributed by atoms with Crippen LogP contribution in [-0.4, -0.2) is 19.6 Å². The topological polar surface area (TPSA) is 28.4 Å². The smallest absolute Gasteiger partial charge is 0.127 e. The number of nitrogens with one attached hydrogen (secondary N) is 1. The highest BCUT2D eigenvalue weighted by atomic mass is 16.3. The fourth-order valence-electron chi connectivity index (χ4n) is 2.37. The highest BCUT2D eigenvalue weighted by Crippen LogP contribution is 2.28. The molecule has 1 aliphatic heterocycles. The summed E-state index contributed by atoms with van der Waals surface area (Å²) in [6.45, 7) is 2.96. The van der Waals surface area contributed by atoms with Crippen molar-refractivity contribution in [2.45, 2.75) is 6.04 Å². The first-order valence-corrected chi connectivity index (χ1v) is 6.01. The maximum Gasteiger partial charge on any atom is 0.127 e. The van der Waals surface area contributed by atoms with Crippen molar-refractivity contribution in [2.24, 2.45) is 0 Å². The minimum atomic E-state index is 0.293. The van der Waals surface area contributed by atoms with Crippen LogP contribution in [0.25, 0.3) is 0 Å². The van der Waals surface area contributed by atoms with E-state index in [4.69, 9.17) is 4.42 Å². The summed E-state index contributed by atoms with van der Waals surface area (Å²) in [7, 11) is 0. The second kappa shape index (κ2) is 4.63. The molecule has 0 bridgehead atoms. The molecule has 3 heteroatoms. The Hall–Kier alpha value is -1.74. The van der Waals surface area contributed by atoms with Gasteiger partial charge in [0.25, 0.3) is 0 Å². The molecule has 0 amide bonds. The first-order valence-electron chi connectivity index (χ1n) is 6.01. The molecule has 0 radical (unpaired) electrons. The van der Waals surface area contributed by atoms with E-state index < -0.39 is 0 Å². The van der Waals surface area contributed by atoms with Crippen molar-refractivity contribution >= 4 is 5.69 Å². The number of para-hydroxylation sites is 1. The standard InChI is InChI=1S/C14H16N2O/c1-2-5-12(6-3-1)16-9-8-15-11-13(16)14-7-4-10-17-14/h1-7,10,13,15H,8-9,11H2. The quantitative estimate of drug-likeness (QED) is 0.855. The lowest BCUT2D eigenvalue weighted by atomic mass is 10.1. The third kappa shape index (κ3) is 2.06. The number of rotatable bonds is 2. The largest absolute Gasteiger partial charge is 0.467 e. The van der Waals surface area contributed by atoms with Crippen LogP contribution >= 0.6 is 0 Å². The average Bonchev–Trinajstić information content (AvgIpc) is 2.94. The van der Waals surface area contributed by atoms with Crippen LogP contribution in [0.4, 0.5) is 5.69 Å². The second-order valence-electron chi connectivity index (χ2n) is 4.26. The molecule has 1 N–H and O–H groups in total. The van der Waals surface area contributed by atoms with E-state index in [1.54, 1.807) is 6.26 Å². The van der Waals surface area contributed by atoms with Gasteiger partial charge in [-0.25, -0.2) is 0 Å². The van der Waals surface area contributed by atoms with Gasteiger partial charge in [0.05, 0.1) is 12.3 Å². The Kier molecular flexibility index (Phi) is 2.84. The Labute approximate surface area is 101 Å².